The van der Waals surface area contributed by atoms with Crippen molar-refractivity contribution in [1.82, 2.24) is 5.32 Å². The molecule has 1 fully saturated rings. The van der Waals surface area contributed by atoms with Gasteiger partial charge in [-0.15, -0.1) is 6.58 Å². The van der Waals surface area contributed by atoms with Gasteiger partial charge in [0.2, 0.25) is 0 Å². The Hall–Kier alpha value is -1.12. The first kappa shape index (κ1) is 12.9. The van der Waals surface area contributed by atoms with Gasteiger partial charge in [-0.05, 0) is 50.4 Å². The van der Waals surface area contributed by atoms with Gasteiger partial charge in [0, 0.05) is 5.41 Å². The maximum atomic E-state index is 6.02. The molecule has 1 heterocycles. The van der Waals surface area contributed by atoms with E-state index in [9.17, 15) is 0 Å². The van der Waals surface area contributed by atoms with Gasteiger partial charge in [-0.2, -0.15) is 0 Å². The highest BCUT2D eigenvalue weighted by Gasteiger charge is 2.44. The molecule has 0 unspecified atom stereocenters. The normalized spacial score (nSPS) is 24.4. The summed E-state index contributed by atoms with van der Waals surface area (Å²) in [6.45, 7) is 8.83. The lowest BCUT2D eigenvalue weighted by atomic mass is 9.74. The van der Waals surface area contributed by atoms with Crippen molar-refractivity contribution in [1.29, 1.82) is 0 Å². The van der Waals surface area contributed by atoms with E-state index < -0.39 is 0 Å². The monoisotopic (exact) mass is 257 g/mol. The maximum absolute atomic E-state index is 6.02. The van der Waals surface area contributed by atoms with E-state index >= 15 is 0 Å². The number of rotatable bonds is 3. The van der Waals surface area contributed by atoms with E-state index in [0.717, 1.165) is 19.5 Å². The van der Waals surface area contributed by atoms with Crippen LogP contribution in [0.3, 0.4) is 0 Å². The number of aryl methyl sites for hydroxylation is 1. The lowest BCUT2D eigenvalue weighted by molar-refractivity contribution is 0.0577. The number of hydrogen-bond acceptors (Lipinski definition) is 2. The van der Waals surface area contributed by atoms with Crippen LogP contribution < -0.4 is 5.32 Å². The lowest BCUT2D eigenvalue weighted by Crippen LogP contribution is -2.38. The molecule has 2 nitrogen and oxygen atoms in total. The van der Waals surface area contributed by atoms with E-state index in [4.69, 9.17) is 4.74 Å². The molecular formula is C17H23NO. The Morgan fingerprint density at radius 1 is 1.42 bits per heavy atom. The van der Waals surface area contributed by atoms with E-state index in [-0.39, 0.29) is 6.10 Å². The Labute approximate surface area is 115 Å². The molecule has 0 saturated carbocycles. The van der Waals surface area contributed by atoms with Gasteiger partial charge in [-0.25, -0.2) is 0 Å². The Balaban J connectivity index is 1.96. The third-order valence-electron chi connectivity index (χ3n) is 4.68. The van der Waals surface area contributed by atoms with Crippen LogP contribution in [0.25, 0.3) is 0 Å². The van der Waals surface area contributed by atoms with Gasteiger partial charge >= 0.3 is 0 Å². The first-order chi connectivity index (χ1) is 9.25. The molecule has 1 N–H and O–H groups in total. The maximum Gasteiger partial charge on any atom is 0.0840 e. The quantitative estimate of drug-likeness (QED) is 0.839. The van der Waals surface area contributed by atoms with Crippen LogP contribution >= 0.6 is 0 Å². The van der Waals surface area contributed by atoms with E-state index in [2.05, 4.69) is 37.0 Å². The Bertz CT molecular complexity index is 474. The summed E-state index contributed by atoms with van der Waals surface area (Å²) >= 11 is 0. The summed E-state index contributed by atoms with van der Waals surface area (Å²) in [6, 6.07) is 6.91. The van der Waals surface area contributed by atoms with Crippen LogP contribution in [-0.2, 0) is 10.2 Å². The zero-order valence-electron chi connectivity index (χ0n) is 11.7. The standard InChI is InChI=1S/C17H23NO/c1-3-10-19-16-12-17(6-8-18-9-7-17)15-5-4-13(2)11-14(15)16/h3-5,11,16,18H,1,6-10,12H2,2H3/t16-/m1/s1. The van der Waals surface area contributed by atoms with Crippen LogP contribution in [0, 0.1) is 6.92 Å². The molecule has 1 aromatic rings. The Morgan fingerprint density at radius 2 is 2.21 bits per heavy atom. The predicted octanol–water partition coefficient (Wildman–Crippen LogP) is 3.26. The van der Waals surface area contributed by atoms with Crippen LogP contribution in [0.15, 0.2) is 30.9 Å². The van der Waals surface area contributed by atoms with Crippen LogP contribution in [0.1, 0.15) is 42.1 Å². The smallest absolute Gasteiger partial charge is 0.0840 e. The van der Waals surface area contributed by atoms with Gasteiger partial charge < -0.3 is 10.1 Å². The molecule has 0 radical (unpaired) electrons. The minimum atomic E-state index is 0.256. The molecule has 2 aliphatic rings. The molecule has 1 saturated heterocycles. The molecule has 2 heteroatoms. The molecule has 1 aliphatic carbocycles. The zero-order valence-corrected chi connectivity index (χ0v) is 11.7. The largest absolute Gasteiger partial charge is 0.369 e. The minimum absolute atomic E-state index is 0.256. The second kappa shape index (κ2) is 5.10. The molecule has 1 spiro atoms. The SMILES string of the molecule is C=CCO[C@@H]1CC2(CCNCC2)c2ccc(C)cc21. The average molecular weight is 257 g/mol. The van der Waals surface area contributed by atoms with E-state index in [0.29, 0.717) is 12.0 Å². The second-order valence-electron chi connectivity index (χ2n) is 5.94. The van der Waals surface area contributed by atoms with Gasteiger partial charge in [0.1, 0.15) is 0 Å². The molecule has 1 aliphatic heterocycles. The number of nitrogens with one attached hydrogen (secondary N) is 1. The van der Waals surface area contributed by atoms with E-state index in [1.165, 1.54) is 29.5 Å². The fourth-order valence-corrected chi connectivity index (χ4v) is 3.72. The van der Waals surface area contributed by atoms with Crippen molar-refractivity contribution in [2.45, 2.75) is 37.7 Å². The fourth-order valence-electron chi connectivity index (χ4n) is 3.72. The Morgan fingerprint density at radius 3 is 2.95 bits per heavy atom. The first-order valence-corrected chi connectivity index (χ1v) is 7.29. The average Bonchev–Trinajstić information content (AvgIpc) is 2.71. The van der Waals surface area contributed by atoms with Crippen molar-refractivity contribution >= 4 is 0 Å². The van der Waals surface area contributed by atoms with Crippen molar-refractivity contribution in [2.24, 2.45) is 0 Å². The van der Waals surface area contributed by atoms with Crippen molar-refractivity contribution in [2.75, 3.05) is 19.7 Å². The topological polar surface area (TPSA) is 21.3 Å². The third kappa shape index (κ3) is 2.24. The molecule has 1 atom stereocenters. The molecule has 3 rings (SSSR count). The van der Waals surface area contributed by atoms with Crippen LogP contribution in [0.5, 0.6) is 0 Å². The van der Waals surface area contributed by atoms with E-state index in [1.807, 2.05) is 6.08 Å². The van der Waals surface area contributed by atoms with Gasteiger partial charge in [0.15, 0.2) is 0 Å². The highest BCUT2D eigenvalue weighted by molar-refractivity contribution is 5.44. The molecule has 102 valence electrons. The number of benzene rings is 1. The molecule has 1 aromatic carbocycles. The summed E-state index contributed by atoms with van der Waals surface area (Å²) in [5.41, 5.74) is 4.63. The predicted molar refractivity (Wildman–Crippen MR) is 78.5 cm³/mol. The first-order valence-electron chi connectivity index (χ1n) is 7.29. The number of ether oxygens (including phenoxy) is 1. The van der Waals surface area contributed by atoms with Crippen molar-refractivity contribution in [3.05, 3.63) is 47.5 Å². The fraction of sp³-hybridized carbons (Fsp3) is 0.529. The minimum Gasteiger partial charge on any atom is -0.369 e. The zero-order chi connectivity index (χ0) is 13.3. The van der Waals surface area contributed by atoms with E-state index in [1.54, 1.807) is 0 Å². The van der Waals surface area contributed by atoms with Crippen molar-refractivity contribution in [3.8, 4) is 0 Å². The van der Waals surface area contributed by atoms with Gasteiger partial charge in [-0.1, -0.05) is 29.8 Å². The molecule has 0 bridgehead atoms. The molecular weight excluding hydrogens is 234 g/mol. The van der Waals surface area contributed by atoms with Crippen LogP contribution in [0.4, 0.5) is 0 Å². The number of hydrogen-bond donors (Lipinski definition) is 1. The summed E-state index contributed by atoms with van der Waals surface area (Å²) in [4.78, 5) is 0. The third-order valence-corrected chi connectivity index (χ3v) is 4.68. The summed E-state index contributed by atoms with van der Waals surface area (Å²) in [6.07, 6.45) is 5.71. The summed E-state index contributed by atoms with van der Waals surface area (Å²) in [7, 11) is 0. The van der Waals surface area contributed by atoms with Gasteiger partial charge in [-0.3, -0.25) is 0 Å². The van der Waals surface area contributed by atoms with Crippen LogP contribution in [-0.4, -0.2) is 19.7 Å². The second-order valence-corrected chi connectivity index (χ2v) is 5.94. The van der Waals surface area contributed by atoms with Crippen LogP contribution in [0.2, 0.25) is 0 Å². The van der Waals surface area contributed by atoms with Gasteiger partial charge in [0.25, 0.3) is 0 Å². The summed E-state index contributed by atoms with van der Waals surface area (Å²) in [5.74, 6) is 0. The highest BCUT2D eigenvalue weighted by Crippen LogP contribution is 2.51. The van der Waals surface area contributed by atoms with Crippen molar-refractivity contribution < 1.29 is 4.74 Å². The highest BCUT2D eigenvalue weighted by atomic mass is 16.5. The molecule has 19 heavy (non-hydrogen) atoms. The number of fused-ring (bicyclic) bond motifs is 2. The lowest BCUT2D eigenvalue weighted by Gasteiger charge is -2.35. The molecule has 0 amide bonds. The Kier molecular flexibility index (Phi) is 3.46. The summed E-state index contributed by atoms with van der Waals surface area (Å²) < 4.78 is 6.02. The molecule has 0 aromatic heterocycles. The van der Waals surface area contributed by atoms with Gasteiger partial charge in [0.05, 0.1) is 12.7 Å². The summed E-state index contributed by atoms with van der Waals surface area (Å²) in [5, 5.41) is 3.48. The van der Waals surface area contributed by atoms with Crippen molar-refractivity contribution in [3.63, 3.8) is 0 Å². The number of piperidine rings is 1.